The molecule has 0 rings (SSSR count). The Morgan fingerprint density at radius 1 is 0.533 bits per heavy atom. The number of hydrogen-bond acceptors (Lipinski definition) is 4. The van der Waals surface area contributed by atoms with Crippen molar-refractivity contribution in [3.8, 4) is 0 Å². The van der Waals surface area contributed by atoms with Gasteiger partial charge in [0, 0.05) is 34.1 Å². The van der Waals surface area contributed by atoms with Crippen LogP contribution in [0, 0.1) is 0 Å². The summed E-state index contributed by atoms with van der Waals surface area (Å²) in [4.78, 5) is 36.4. The summed E-state index contributed by atoms with van der Waals surface area (Å²) >= 11 is 0. The topological polar surface area (TPSA) is 181 Å². The van der Waals surface area contributed by atoms with Crippen LogP contribution in [0.25, 0.3) is 0 Å². The first-order chi connectivity index (χ1) is 5.29. The fourth-order valence-electron chi connectivity index (χ4n) is 0. The predicted molar refractivity (Wildman–Crippen MR) is 34.2 cm³/mol. The molecule has 0 heterocycles. The van der Waals surface area contributed by atoms with E-state index in [-0.39, 0.29) is 39.6 Å². The van der Waals surface area contributed by atoms with E-state index in [0.717, 1.165) is 0 Å². The van der Waals surface area contributed by atoms with E-state index in [4.69, 9.17) is 39.6 Å². The van der Waals surface area contributed by atoms with Crippen LogP contribution in [0.4, 0.5) is 0 Å². The summed E-state index contributed by atoms with van der Waals surface area (Å²) in [5.41, 5.74) is 0. The van der Waals surface area contributed by atoms with Gasteiger partial charge in [0.2, 0.25) is 0 Å². The SMILES string of the molecule is O.O=C(O)C(=O)O.O=C(O)C(=O)O.[Cu].[Cu]. The predicted octanol–water partition coefficient (Wildman–Crippen LogP) is -2.52. The molecular weight excluding hydrogens is 319 g/mol. The monoisotopic (exact) mass is 324 g/mol. The second-order valence-corrected chi connectivity index (χ2v) is 1.22. The van der Waals surface area contributed by atoms with Gasteiger partial charge in [0.15, 0.2) is 0 Å². The first-order valence-corrected chi connectivity index (χ1v) is 2.21. The molecule has 0 unspecified atom stereocenters. The molecule has 2 radical (unpaired) electrons. The van der Waals surface area contributed by atoms with Crippen molar-refractivity contribution in [3.05, 3.63) is 0 Å². The largest absolute Gasteiger partial charge is 0.473 e. The molecule has 0 aromatic carbocycles. The Morgan fingerprint density at radius 3 is 0.600 bits per heavy atom. The van der Waals surface area contributed by atoms with E-state index >= 15 is 0 Å². The van der Waals surface area contributed by atoms with E-state index in [1.165, 1.54) is 0 Å². The van der Waals surface area contributed by atoms with Gasteiger partial charge in [-0.1, -0.05) is 0 Å². The zero-order valence-electron chi connectivity index (χ0n) is 6.52. The third kappa shape index (κ3) is 32.2. The van der Waals surface area contributed by atoms with Crippen LogP contribution in [0.1, 0.15) is 0 Å². The summed E-state index contributed by atoms with van der Waals surface area (Å²) in [7, 11) is 0. The van der Waals surface area contributed by atoms with Crippen LogP contribution in [0.2, 0.25) is 0 Å². The standard InChI is InChI=1S/2C2H2O4.2Cu.H2O/c2*3-1(4)2(5)6;;;/h2*(H,3,4)(H,5,6);;;1H2. The van der Waals surface area contributed by atoms with Gasteiger partial charge in [-0.25, -0.2) is 19.2 Å². The van der Waals surface area contributed by atoms with Gasteiger partial charge >= 0.3 is 23.9 Å². The fraction of sp³-hybridized carbons (Fsp3) is 0. The Morgan fingerprint density at radius 2 is 0.600 bits per heavy atom. The third-order valence-electron chi connectivity index (χ3n) is 0.366. The van der Waals surface area contributed by atoms with Crippen LogP contribution >= 0.6 is 0 Å². The molecule has 0 aromatic heterocycles. The van der Waals surface area contributed by atoms with Gasteiger partial charge in [0.25, 0.3) is 0 Å². The summed E-state index contributed by atoms with van der Waals surface area (Å²) < 4.78 is 0. The van der Waals surface area contributed by atoms with Crippen molar-refractivity contribution in [2.24, 2.45) is 0 Å². The molecule has 0 spiro atoms. The number of aliphatic carboxylic acids is 4. The molecule has 0 fully saturated rings. The Bertz CT molecular complexity index is 176. The first kappa shape index (κ1) is 29.2. The summed E-state index contributed by atoms with van der Waals surface area (Å²) in [6.07, 6.45) is 0. The molecule has 0 atom stereocenters. The van der Waals surface area contributed by atoms with Crippen LogP contribution in [-0.4, -0.2) is 49.8 Å². The van der Waals surface area contributed by atoms with Crippen LogP contribution in [0.15, 0.2) is 0 Å². The summed E-state index contributed by atoms with van der Waals surface area (Å²) in [6, 6.07) is 0. The molecule has 0 aliphatic carbocycles. The van der Waals surface area contributed by atoms with Gasteiger partial charge in [-0.15, -0.1) is 0 Å². The molecule has 0 saturated carbocycles. The number of rotatable bonds is 0. The Hall–Kier alpha value is -1.12. The minimum Gasteiger partial charge on any atom is -0.473 e. The maximum atomic E-state index is 9.10. The molecule has 0 saturated heterocycles. The molecule has 15 heavy (non-hydrogen) atoms. The third-order valence-corrected chi connectivity index (χ3v) is 0.366. The van der Waals surface area contributed by atoms with E-state index in [9.17, 15) is 0 Å². The summed E-state index contributed by atoms with van der Waals surface area (Å²) in [5.74, 6) is -7.30. The maximum Gasteiger partial charge on any atom is 0.414 e. The van der Waals surface area contributed by atoms with Crippen molar-refractivity contribution in [1.82, 2.24) is 0 Å². The second kappa shape index (κ2) is 15.4. The summed E-state index contributed by atoms with van der Waals surface area (Å²) in [6.45, 7) is 0. The number of carboxylic acids is 4. The van der Waals surface area contributed by atoms with Crippen molar-refractivity contribution >= 4 is 23.9 Å². The van der Waals surface area contributed by atoms with Gasteiger partial charge in [0.05, 0.1) is 0 Å². The molecule has 0 aliphatic rings. The fourth-order valence-corrected chi connectivity index (χ4v) is 0. The Balaban J connectivity index is -0.0000000370. The van der Waals surface area contributed by atoms with Gasteiger partial charge in [0.1, 0.15) is 0 Å². The smallest absolute Gasteiger partial charge is 0.414 e. The minimum absolute atomic E-state index is 0. The van der Waals surface area contributed by atoms with Crippen LogP contribution in [-0.2, 0) is 53.3 Å². The molecule has 11 heteroatoms. The molecule has 0 aromatic rings. The van der Waals surface area contributed by atoms with E-state index in [1.807, 2.05) is 0 Å². The minimum atomic E-state index is -1.82. The van der Waals surface area contributed by atoms with Crippen molar-refractivity contribution < 1.29 is 79.2 Å². The van der Waals surface area contributed by atoms with Gasteiger partial charge in [-0.2, -0.15) is 0 Å². The van der Waals surface area contributed by atoms with Crippen molar-refractivity contribution in [2.75, 3.05) is 0 Å². The molecule has 98 valence electrons. The normalized spacial score (nSPS) is 5.87. The van der Waals surface area contributed by atoms with Crippen molar-refractivity contribution in [1.29, 1.82) is 0 Å². The van der Waals surface area contributed by atoms with Crippen LogP contribution < -0.4 is 0 Å². The molecule has 0 amide bonds. The zero-order chi connectivity index (χ0) is 10.3. The van der Waals surface area contributed by atoms with Crippen molar-refractivity contribution in [2.45, 2.75) is 0 Å². The van der Waals surface area contributed by atoms with E-state index in [0.29, 0.717) is 0 Å². The van der Waals surface area contributed by atoms with Gasteiger partial charge in [-0.3, -0.25) is 0 Å². The molecule has 6 N–H and O–H groups in total. The maximum absolute atomic E-state index is 9.10. The number of carbonyl (C=O) groups is 4. The van der Waals surface area contributed by atoms with Crippen molar-refractivity contribution in [3.63, 3.8) is 0 Å². The van der Waals surface area contributed by atoms with E-state index in [1.54, 1.807) is 0 Å². The average molecular weight is 325 g/mol. The zero-order valence-corrected chi connectivity index (χ0v) is 8.41. The van der Waals surface area contributed by atoms with Gasteiger partial charge in [-0.05, 0) is 0 Å². The molecule has 9 nitrogen and oxygen atoms in total. The number of hydrogen-bond donors (Lipinski definition) is 4. The van der Waals surface area contributed by atoms with E-state index < -0.39 is 23.9 Å². The molecule has 0 bridgehead atoms. The Kier molecular flexibility index (Phi) is 29.9. The van der Waals surface area contributed by atoms with Crippen LogP contribution in [0.5, 0.6) is 0 Å². The first-order valence-electron chi connectivity index (χ1n) is 2.21. The van der Waals surface area contributed by atoms with Crippen LogP contribution in [0.3, 0.4) is 0 Å². The Labute approximate surface area is 103 Å². The second-order valence-electron chi connectivity index (χ2n) is 1.22. The molecule has 0 aliphatic heterocycles. The summed E-state index contributed by atoms with van der Waals surface area (Å²) in [5, 5.41) is 29.6. The average Bonchev–Trinajstić information content (AvgIpc) is 1.88. The van der Waals surface area contributed by atoms with Gasteiger partial charge < -0.3 is 25.9 Å². The quantitative estimate of drug-likeness (QED) is 0.278. The molecular formula is C4H6Cu2O9. The van der Waals surface area contributed by atoms with E-state index in [2.05, 4.69) is 0 Å². The number of carboxylic acid groups (broad SMARTS) is 4.